The molecule has 0 aliphatic carbocycles. The predicted octanol–water partition coefficient (Wildman–Crippen LogP) is 1.54. The van der Waals surface area contributed by atoms with E-state index in [9.17, 15) is 4.79 Å². The van der Waals surface area contributed by atoms with E-state index in [1.807, 2.05) is 50.2 Å². The highest BCUT2D eigenvalue weighted by molar-refractivity contribution is 5.77. The average molecular weight is 370 g/mol. The van der Waals surface area contributed by atoms with Crippen molar-refractivity contribution in [3.05, 3.63) is 35.7 Å². The fraction of sp³-hybridized carbons (Fsp3) is 0.474. The first-order valence-electron chi connectivity index (χ1n) is 9.14. The molecule has 1 aliphatic rings. The Morgan fingerprint density at radius 2 is 2.00 bits per heavy atom. The molecule has 2 aromatic rings. The highest BCUT2D eigenvalue weighted by Gasteiger charge is 2.18. The minimum absolute atomic E-state index is 0.0476. The van der Waals surface area contributed by atoms with Crippen molar-refractivity contribution in [1.82, 2.24) is 20.3 Å². The van der Waals surface area contributed by atoms with Crippen LogP contribution >= 0.6 is 0 Å². The molecule has 0 unspecified atom stereocenters. The van der Waals surface area contributed by atoms with Crippen LogP contribution in [0.25, 0.3) is 0 Å². The number of nitrogens with zero attached hydrogens (tertiary/aromatic N) is 5. The van der Waals surface area contributed by atoms with Crippen molar-refractivity contribution in [2.75, 3.05) is 43.6 Å². The second-order valence-electron chi connectivity index (χ2n) is 6.82. The number of aryl methyl sites for hydroxylation is 1. The topological polar surface area (TPSA) is 83.5 Å². The lowest BCUT2D eigenvalue weighted by atomic mass is 10.2. The van der Waals surface area contributed by atoms with Gasteiger partial charge in [0.15, 0.2) is 12.4 Å². The second kappa shape index (κ2) is 8.66. The monoisotopic (exact) mass is 370 g/mol. The summed E-state index contributed by atoms with van der Waals surface area (Å²) in [6.45, 7) is 4.07. The van der Waals surface area contributed by atoms with Gasteiger partial charge in [-0.2, -0.15) is 15.0 Å². The van der Waals surface area contributed by atoms with E-state index < -0.39 is 0 Å². The van der Waals surface area contributed by atoms with Crippen LogP contribution in [-0.2, 0) is 11.3 Å². The molecule has 144 valence electrons. The smallest absolute Gasteiger partial charge is 0.258 e. The third-order valence-electron chi connectivity index (χ3n) is 4.25. The first-order chi connectivity index (χ1) is 13.0. The van der Waals surface area contributed by atoms with Gasteiger partial charge in [0.2, 0.25) is 11.9 Å². The summed E-state index contributed by atoms with van der Waals surface area (Å²) in [6, 6.07) is 7.60. The van der Waals surface area contributed by atoms with Crippen molar-refractivity contribution in [3.8, 4) is 5.75 Å². The van der Waals surface area contributed by atoms with E-state index in [-0.39, 0.29) is 19.1 Å². The molecule has 1 aliphatic heterocycles. The van der Waals surface area contributed by atoms with Crippen LogP contribution in [0.4, 0.5) is 11.9 Å². The predicted molar refractivity (Wildman–Crippen MR) is 104 cm³/mol. The third kappa shape index (κ3) is 5.29. The fourth-order valence-corrected chi connectivity index (χ4v) is 2.82. The number of anilines is 2. The van der Waals surface area contributed by atoms with Crippen LogP contribution in [0.15, 0.2) is 24.3 Å². The standard InChI is InChI=1S/C19H26N6O2/c1-14-7-6-8-15(11-14)27-13-17(26)20-12-16-21-18(24(2)3)23-19(22-16)25-9-4-5-10-25/h6-8,11H,4-5,9-10,12-13H2,1-3H3,(H,20,26). The molecule has 27 heavy (non-hydrogen) atoms. The number of carbonyl (C=O) groups excluding carboxylic acids is 1. The maximum absolute atomic E-state index is 12.1. The summed E-state index contributed by atoms with van der Waals surface area (Å²) in [5, 5.41) is 2.81. The summed E-state index contributed by atoms with van der Waals surface area (Å²) >= 11 is 0. The lowest BCUT2D eigenvalue weighted by Crippen LogP contribution is -2.30. The molecule has 2 heterocycles. The number of rotatable bonds is 7. The van der Waals surface area contributed by atoms with Gasteiger partial charge in [-0.05, 0) is 37.5 Å². The van der Waals surface area contributed by atoms with Crippen LogP contribution in [0.3, 0.4) is 0 Å². The summed E-state index contributed by atoms with van der Waals surface area (Å²) in [6.07, 6.45) is 2.29. The van der Waals surface area contributed by atoms with Crippen LogP contribution in [0.1, 0.15) is 24.2 Å². The second-order valence-corrected chi connectivity index (χ2v) is 6.82. The van der Waals surface area contributed by atoms with Crippen LogP contribution in [0, 0.1) is 6.92 Å². The summed E-state index contributed by atoms with van der Waals surface area (Å²) < 4.78 is 5.52. The number of benzene rings is 1. The number of amides is 1. The Bertz CT molecular complexity index is 790. The third-order valence-corrected chi connectivity index (χ3v) is 4.25. The molecule has 8 nitrogen and oxygen atoms in total. The van der Waals surface area contributed by atoms with Gasteiger partial charge >= 0.3 is 0 Å². The maximum Gasteiger partial charge on any atom is 0.258 e. The molecule has 0 spiro atoms. The SMILES string of the molecule is Cc1cccc(OCC(=O)NCc2nc(N(C)C)nc(N3CCCC3)n2)c1. The largest absolute Gasteiger partial charge is 0.484 e. The van der Waals surface area contributed by atoms with E-state index in [1.165, 1.54) is 0 Å². The number of nitrogens with one attached hydrogen (secondary N) is 1. The molecule has 1 N–H and O–H groups in total. The molecule has 3 rings (SSSR count). The normalized spacial score (nSPS) is 13.5. The molecule has 1 amide bonds. The number of hydrogen-bond donors (Lipinski definition) is 1. The Balaban J connectivity index is 1.59. The highest BCUT2D eigenvalue weighted by Crippen LogP contribution is 2.18. The Morgan fingerprint density at radius 1 is 1.22 bits per heavy atom. The molecular formula is C19H26N6O2. The molecule has 0 bridgehead atoms. The van der Waals surface area contributed by atoms with Gasteiger partial charge in [-0.1, -0.05) is 12.1 Å². The molecule has 0 atom stereocenters. The van der Waals surface area contributed by atoms with Crippen LogP contribution in [0.2, 0.25) is 0 Å². The lowest BCUT2D eigenvalue weighted by Gasteiger charge is -2.19. The van der Waals surface area contributed by atoms with E-state index in [0.29, 0.717) is 23.5 Å². The zero-order chi connectivity index (χ0) is 19.2. The van der Waals surface area contributed by atoms with E-state index in [2.05, 4.69) is 25.2 Å². The van der Waals surface area contributed by atoms with Crippen LogP contribution in [-0.4, -0.2) is 54.7 Å². The quantitative estimate of drug-likeness (QED) is 0.791. The number of ether oxygens (including phenoxy) is 1. The molecule has 1 aromatic heterocycles. The minimum atomic E-state index is -0.217. The summed E-state index contributed by atoms with van der Waals surface area (Å²) in [5.74, 6) is 2.26. The molecule has 8 heteroatoms. The molecule has 1 aromatic carbocycles. The van der Waals surface area contributed by atoms with Gasteiger partial charge in [0.05, 0.1) is 6.54 Å². The Kier molecular flexibility index (Phi) is 6.05. The van der Waals surface area contributed by atoms with E-state index in [0.717, 1.165) is 31.5 Å². The molecular weight excluding hydrogens is 344 g/mol. The van der Waals surface area contributed by atoms with Crippen molar-refractivity contribution in [2.45, 2.75) is 26.3 Å². The maximum atomic E-state index is 12.1. The average Bonchev–Trinajstić information content (AvgIpc) is 3.19. The summed E-state index contributed by atoms with van der Waals surface area (Å²) in [4.78, 5) is 29.6. The van der Waals surface area contributed by atoms with Crippen molar-refractivity contribution in [2.24, 2.45) is 0 Å². The Morgan fingerprint density at radius 3 is 2.70 bits per heavy atom. The molecule has 1 fully saturated rings. The zero-order valence-electron chi connectivity index (χ0n) is 16.1. The lowest BCUT2D eigenvalue weighted by molar-refractivity contribution is -0.123. The van der Waals surface area contributed by atoms with E-state index in [1.54, 1.807) is 0 Å². The van der Waals surface area contributed by atoms with Gasteiger partial charge in [0.25, 0.3) is 5.91 Å². The minimum Gasteiger partial charge on any atom is -0.484 e. The van der Waals surface area contributed by atoms with Crippen molar-refractivity contribution < 1.29 is 9.53 Å². The highest BCUT2D eigenvalue weighted by atomic mass is 16.5. The van der Waals surface area contributed by atoms with E-state index >= 15 is 0 Å². The van der Waals surface area contributed by atoms with Crippen molar-refractivity contribution in [3.63, 3.8) is 0 Å². The van der Waals surface area contributed by atoms with Crippen molar-refractivity contribution >= 4 is 17.8 Å². The zero-order valence-corrected chi connectivity index (χ0v) is 16.1. The fourth-order valence-electron chi connectivity index (χ4n) is 2.82. The van der Waals surface area contributed by atoms with Gasteiger partial charge in [0, 0.05) is 27.2 Å². The summed E-state index contributed by atoms with van der Waals surface area (Å²) in [5.41, 5.74) is 1.09. The number of carbonyl (C=O) groups is 1. The molecule has 0 radical (unpaired) electrons. The van der Waals surface area contributed by atoms with Crippen molar-refractivity contribution in [1.29, 1.82) is 0 Å². The van der Waals surface area contributed by atoms with Gasteiger partial charge in [-0.25, -0.2) is 0 Å². The first-order valence-corrected chi connectivity index (χ1v) is 9.14. The van der Waals surface area contributed by atoms with Gasteiger partial charge in [0.1, 0.15) is 5.75 Å². The summed E-state index contributed by atoms with van der Waals surface area (Å²) in [7, 11) is 3.78. The van der Waals surface area contributed by atoms with Crippen LogP contribution < -0.4 is 19.9 Å². The Labute approximate surface area is 159 Å². The Hall–Kier alpha value is -2.90. The van der Waals surface area contributed by atoms with Gasteiger partial charge in [-0.15, -0.1) is 0 Å². The number of hydrogen-bond acceptors (Lipinski definition) is 7. The number of aromatic nitrogens is 3. The van der Waals surface area contributed by atoms with E-state index in [4.69, 9.17) is 4.74 Å². The first kappa shape index (κ1) is 18.9. The van der Waals surface area contributed by atoms with Gasteiger partial charge in [-0.3, -0.25) is 4.79 Å². The molecule has 0 saturated carbocycles. The van der Waals surface area contributed by atoms with Gasteiger partial charge < -0.3 is 19.9 Å². The van der Waals surface area contributed by atoms with Crippen LogP contribution in [0.5, 0.6) is 5.75 Å². The molecule has 1 saturated heterocycles.